The van der Waals surface area contributed by atoms with Gasteiger partial charge >= 0.3 is 5.97 Å². The zero-order valence-corrected chi connectivity index (χ0v) is 14.1. The van der Waals surface area contributed by atoms with Crippen LogP contribution in [-0.4, -0.2) is 25.4 Å². The van der Waals surface area contributed by atoms with Crippen LogP contribution in [0.4, 0.5) is 0 Å². The average molecular weight is 356 g/mol. The van der Waals surface area contributed by atoms with Gasteiger partial charge in [-0.3, -0.25) is 4.79 Å². The lowest BCUT2D eigenvalue weighted by molar-refractivity contribution is -0.140. The van der Waals surface area contributed by atoms with Gasteiger partial charge < -0.3 is 4.74 Å². The number of allylic oxidation sites excluding steroid dienone is 1. The molecule has 0 saturated heterocycles. The molecule has 6 heteroatoms. The number of ether oxygens (including phenoxy) is 1. The van der Waals surface area contributed by atoms with E-state index in [2.05, 4.69) is 0 Å². The zero-order valence-electron chi connectivity index (χ0n) is 13.3. The standard InChI is InChI=1S/C19H16O5S/c20-15-11-17(19(21)24-13-14-7-3-1-4-8-14)18(12-15)25(22,23)16-9-5-2-6-10-16/h1-11,18H,12-13H2. The molecule has 0 aliphatic heterocycles. The predicted octanol–water partition coefficient (Wildman–Crippen LogP) is 2.47. The van der Waals surface area contributed by atoms with E-state index in [9.17, 15) is 18.0 Å². The molecule has 2 aromatic rings. The topological polar surface area (TPSA) is 77.5 Å². The normalized spacial score (nSPS) is 17.2. The highest BCUT2D eigenvalue weighted by Crippen LogP contribution is 2.29. The summed E-state index contributed by atoms with van der Waals surface area (Å²) in [6.45, 7) is 0.0172. The molecule has 0 aromatic heterocycles. The maximum Gasteiger partial charge on any atom is 0.335 e. The minimum absolute atomic E-state index is 0.0172. The maximum absolute atomic E-state index is 12.8. The molecule has 128 valence electrons. The predicted molar refractivity (Wildman–Crippen MR) is 91.4 cm³/mol. The molecule has 5 nitrogen and oxygen atoms in total. The van der Waals surface area contributed by atoms with Crippen LogP contribution in [0, 0.1) is 0 Å². The highest BCUT2D eigenvalue weighted by Gasteiger charge is 2.40. The maximum atomic E-state index is 12.8. The first kappa shape index (κ1) is 17.1. The second-order valence-electron chi connectivity index (χ2n) is 5.68. The molecule has 2 aromatic carbocycles. The third-order valence-electron chi connectivity index (χ3n) is 3.94. The Morgan fingerprint density at radius 3 is 2.24 bits per heavy atom. The SMILES string of the molecule is O=C1C=C(C(=O)OCc2ccccc2)C(S(=O)(=O)c2ccccc2)C1. The van der Waals surface area contributed by atoms with Gasteiger partial charge in [-0.2, -0.15) is 0 Å². The van der Waals surface area contributed by atoms with Gasteiger partial charge in [-0.25, -0.2) is 13.2 Å². The lowest BCUT2D eigenvalue weighted by Crippen LogP contribution is -2.26. The molecule has 0 radical (unpaired) electrons. The summed E-state index contributed by atoms with van der Waals surface area (Å²) in [6, 6.07) is 16.8. The molecule has 0 N–H and O–H groups in total. The number of hydrogen-bond acceptors (Lipinski definition) is 5. The summed E-state index contributed by atoms with van der Waals surface area (Å²) in [7, 11) is -3.84. The number of ketones is 1. The lowest BCUT2D eigenvalue weighted by atomic mass is 10.2. The highest BCUT2D eigenvalue weighted by molar-refractivity contribution is 7.92. The number of carbonyl (C=O) groups excluding carboxylic acids is 2. The van der Waals surface area contributed by atoms with Crippen molar-refractivity contribution in [1.82, 2.24) is 0 Å². The van der Waals surface area contributed by atoms with Crippen molar-refractivity contribution in [3.05, 3.63) is 77.9 Å². The second kappa shape index (κ2) is 7.03. The summed E-state index contributed by atoms with van der Waals surface area (Å²) in [5.74, 6) is -1.17. The Balaban J connectivity index is 1.80. The monoisotopic (exact) mass is 356 g/mol. The number of carbonyl (C=O) groups is 2. The molecule has 1 unspecified atom stereocenters. The van der Waals surface area contributed by atoms with Crippen molar-refractivity contribution in [3.63, 3.8) is 0 Å². The molecular weight excluding hydrogens is 340 g/mol. The van der Waals surface area contributed by atoms with Gasteiger partial charge in [0.25, 0.3) is 0 Å². The van der Waals surface area contributed by atoms with Gasteiger partial charge in [0.05, 0.1) is 10.5 Å². The van der Waals surface area contributed by atoms with Gasteiger partial charge in [-0.1, -0.05) is 48.5 Å². The molecule has 1 atom stereocenters. The van der Waals surface area contributed by atoms with Gasteiger partial charge in [0.15, 0.2) is 15.6 Å². The Kier molecular flexibility index (Phi) is 4.81. The number of hydrogen-bond donors (Lipinski definition) is 0. The van der Waals surface area contributed by atoms with E-state index in [-0.39, 0.29) is 23.5 Å². The van der Waals surface area contributed by atoms with Crippen molar-refractivity contribution in [2.45, 2.75) is 23.2 Å². The fourth-order valence-corrected chi connectivity index (χ4v) is 4.41. The fraction of sp³-hybridized carbons (Fsp3) is 0.158. The fourth-order valence-electron chi connectivity index (χ4n) is 2.67. The summed E-state index contributed by atoms with van der Waals surface area (Å²) in [4.78, 5) is 24.2. The van der Waals surface area contributed by atoms with Gasteiger partial charge in [0.1, 0.15) is 11.9 Å². The summed E-state index contributed by atoms with van der Waals surface area (Å²) in [5.41, 5.74) is 0.674. The number of benzene rings is 2. The van der Waals surface area contributed by atoms with Crippen molar-refractivity contribution in [1.29, 1.82) is 0 Å². The molecule has 3 rings (SSSR count). The van der Waals surface area contributed by atoms with Crippen LogP contribution in [0.15, 0.2) is 77.2 Å². The number of rotatable bonds is 5. The molecule has 0 saturated carbocycles. The quantitative estimate of drug-likeness (QED) is 0.769. The largest absolute Gasteiger partial charge is 0.457 e. The van der Waals surface area contributed by atoms with Crippen molar-refractivity contribution in [2.24, 2.45) is 0 Å². The number of sulfone groups is 1. The molecule has 0 fully saturated rings. The Morgan fingerprint density at radius 2 is 1.60 bits per heavy atom. The van der Waals surface area contributed by atoms with Gasteiger partial charge in [0.2, 0.25) is 0 Å². The van der Waals surface area contributed by atoms with Crippen LogP contribution in [0.5, 0.6) is 0 Å². The molecule has 25 heavy (non-hydrogen) atoms. The average Bonchev–Trinajstić information content (AvgIpc) is 3.04. The lowest BCUT2D eigenvalue weighted by Gasteiger charge is -2.15. The van der Waals surface area contributed by atoms with Crippen LogP contribution in [0.2, 0.25) is 0 Å². The van der Waals surface area contributed by atoms with Crippen LogP contribution in [0.25, 0.3) is 0 Å². The van der Waals surface area contributed by atoms with Crippen molar-refractivity contribution in [3.8, 4) is 0 Å². The molecule has 0 spiro atoms. The third-order valence-corrected chi connectivity index (χ3v) is 6.04. The van der Waals surface area contributed by atoms with Crippen LogP contribution < -0.4 is 0 Å². The van der Waals surface area contributed by atoms with Gasteiger partial charge in [-0.15, -0.1) is 0 Å². The van der Waals surface area contributed by atoms with E-state index in [1.807, 2.05) is 18.2 Å². The van der Waals surface area contributed by atoms with Crippen LogP contribution in [0.1, 0.15) is 12.0 Å². The van der Waals surface area contributed by atoms with E-state index in [1.165, 1.54) is 12.1 Å². The van der Waals surface area contributed by atoms with Crippen LogP contribution >= 0.6 is 0 Å². The summed E-state index contributed by atoms with van der Waals surface area (Å²) < 4.78 is 30.7. The minimum atomic E-state index is -3.84. The Bertz CT molecular complexity index is 915. The Hall–Kier alpha value is -2.73. The van der Waals surface area contributed by atoms with Crippen LogP contribution in [0.3, 0.4) is 0 Å². The Labute approximate surface area is 145 Å². The zero-order chi connectivity index (χ0) is 17.9. The van der Waals surface area contributed by atoms with E-state index >= 15 is 0 Å². The van der Waals surface area contributed by atoms with Gasteiger partial charge in [0, 0.05) is 6.42 Å². The van der Waals surface area contributed by atoms with E-state index in [1.54, 1.807) is 30.3 Å². The third kappa shape index (κ3) is 3.69. The first-order valence-corrected chi connectivity index (χ1v) is 9.27. The van der Waals surface area contributed by atoms with E-state index < -0.39 is 26.8 Å². The molecule has 0 bridgehead atoms. The molecule has 1 aliphatic carbocycles. The smallest absolute Gasteiger partial charge is 0.335 e. The summed E-state index contributed by atoms with van der Waals surface area (Å²) in [5, 5.41) is -1.20. The molecule has 1 aliphatic rings. The minimum Gasteiger partial charge on any atom is -0.457 e. The van der Waals surface area contributed by atoms with Crippen molar-refractivity contribution >= 4 is 21.6 Å². The van der Waals surface area contributed by atoms with Crippen molar-refractivity contribution in [2.75, 3.05) is 0 Å². The number of esters is 1. The Morgan fingerprint density at radius 1 is 1.00 bits per heavy atom. The molecule has 0 amide bonds. The van der Waals surface area contributed by atoms with Gasteiger partial charge in [-0.05, 0) is 23.8 Å². The van der Waals surface area contributed by atoms with E-state index in [0.717, 1.165) is 11.6 Å². The molecular formula is C19H16O5S. The summed E-state index contributed by atoms with van der Waals surface area (Å²) in [6.07, 6.45) is 0.839. The van der Waals surface area contributed by atoms with E-state index in [4.69, 9.17) is 4.74 Å². The highest BCUT2D eigenvalue weighted by atomic mass is 32.2. The summed E-state index contributed by atoms with van der Waals surface area (Å²) >= 11 is 0. The second-order valence-corrected chi connectivity index (χ2v) is 7.81. The molecule has 0 heterocycles. The first-order valence-electron chi connectivity index (χ1n) is 7.73. The van der Waals surface area contributed by atoms with Crippen LogP contribution in [-0.2, 0) is 30.8 Å². The van der Waals surface area contributed by atoms with Crippen molar-refractivity contribution < 1.29 is 22.7 Å². The van der Waals surface area contributed by atoms with E-state index in [0.29, 0.717) is 0 Å². The first-order chi connectivity index (χ1) is 12.0.